The van der Waals surface area contributed by atoms with Gasteiger partial charge in [0.1, 0.15) is 0 Å². The van der Waals surface area contributed by atoms with Crippen molar-refractivity contribution in [2.75, 3.05) is 6.54 Å². The van der Waals surface area contributed by atoms with Crippen LogP contribution in [0.1, 0.15) is 55.5 Å². The van der Waals surface area contributed by atoms with Crippen molar-refractivity contribution >= 4 is 0 Å². The average Bonchev–Trinajstić information content (AvgIpc) is 2.22. The molecule has 0 spiro atoms. The van der Waals surface area contributed by atoms with E-state index in [9.17, 15) is 0 Å². The van der Waals surface area contributed by atoms with E-state index in [4.69, 9.17) is 0 Å². The molecule has 0 aromatic carbocycles. The Labute approximate surface area is 105 Å². The summed E-state index contributed by atoms with van der Waals surface area (Å²) < 4.78 is 0. The van der Waals surface area contributed by atoms with Gasteiger partial charge in [-0.25, -0.2) is 0 Å². The van der Waals surface area contributed by atoms with Gasteiger partial charge in [-0.05, 0) is 43.9 Å². The summed E-state index contributed by atoms with van der Waals surface area (Å²) in [4.78, 5) is 4.65. The molecule has 94 valence electrons. The largest absolute Gasteiger partial charge is 0.309 e. The van der Waals surface area contributed by atoms with Crippen molar-refractivity contribution in [1.82, 2.24) is 10.3 Å². The average molecular weight is 232 g/mol. The van der Waals surface area contributed by atoms with E-state index >= 15 is 0 Å². The highest BCUT2D eigenvalue weighted by atomic mass is 14.9. The number of aryl methyl sites for hydroxylation is 2. The Morgan fingerprint density at radius 2 is 2.18 bits per heavy atom. The van der Waals surface area contributed by atoms with Gasteiger partial charge in [-0.2, -0.15) is 0 Å². The molecule has 1 unspecified atom stereocenters. The molecule has 2 nitrogen and oxygen atoms in total. The van der Waals surface area contributed by atoms with Crippen LogP contribution in [0.3, 0.4) is 0 Å². The van der Waals surface area contributed by atoms with Crippen molar-refractivity contribution in [1.29, 1.82) is 0 Å². The van der Waals surface area contributed by atoms with Gasteiger partial charge < -0.3 is 5.32 Å². The van der Waals surface area contributed by atoms with E-state index in [1.54, 1.807) is 0 Å². The maximum atomic E-state index is 4.65. The SMILES string of the molecule is CCNC(CC1CCC1)c1ncc(C)cc1C. The fraction of sp³-hybridized carbons (Fsp3) is 0.667. The van der Waals surface area contributed by atoms with Crippen LogP contribution < -0.4 is 5.32 Å². The Kier molecular flexibility index (Phi) is 4.16. The van der Waals surface area contributed by atoms with Crippen molar-refractivity contribution in [3.8, 4) is 0 Å². The van der Waals surface area contributed by atoms with Crippen molar-refractivity contribution in [3.05, 3.63) is 29.1 Å². The highest BCUT2D eigenvalue weighted by molar-refractivity contribution is 5.25. The first-order valence-corrected chi connectivity index (χ1v) is 6.87. The van der Waals surface area contributed by atoms with Crippen LogP contribution in [-0.2, 0) is 0 Å². The van der Waals surface area contributed by atoms with Crippen LogP contribution in [0.15, 0.2) is 12.3 Å². The Balaban J connectivity index is 2.12. The third-order valence-corrected chi connectivity index (χ3v) is 3.83. The van der Waals surface area contributed by atoms with Gasteiger partial charge in [-0.3, -0.25) is 4.98 Å². The van der Waals surface area contributed by atoms with Gasteiger partial charge in [0.15, 0.2) is 0 Å². The molecular weight excluding hydrogens is 208 g/mol. The minimum atomic E-state index is 0.450. The minimum Gasteiger partial charge on any atom is -0.309 e. The first kappa shape index (κ1) is 12.6. The van der Waals surface area contributed by atoms with Crippen LogP contribution in [-0.4, -0.2) is 11.5 Å². The second kappa shape index (κ2) is 5.63. The zero-order valence-corrected chi connectivity index (χ0v) is 11.3. The Bertz CT molecular complexity index is 369. The van der Waals surface area contributed by atoms with Crippen LogP contribution in [0.4, 0.5) is 0 Å². The van der Waals surface area contributed by atoms with Crippen LogP contribution in [0.2, 0.25) is 0 Å². The van der Waals surface area contributed by atoms with Crippen LogP contribution in [0, 0.1) is 19.8 Å². The molecule has 1 atom stereocenters. The Morgan fingerprint density at radius 3 is 2.71 bits per heavy atom. The summed E-state index contributed by atoms with van der Waals surface area (Å²) in [6.07, 6.45) is 7.49. The lowest BCUT2D eigenvalue weighted by atomic mass is 9.80. The van der Waals surface area contributed by atoms with Gasteiger partial charge in [0.25, 0.3) is 0 Å². The number of aromatic nitrogens is 1. The molecule has 1 aromatic rings. The van der Waals surface area contributed by atoms with Crippen LogP contribution >= 0.6 is 0 Å². The fourth-order valence-electron chi connectivity index (χ4n) is 2.69. The molecule has 1 aliphatic carbocycles. The lowest BCUT2D eigenvalue weighted by Crippen LogP contribution is -2.27. The number of hydrogen-bond donors (Lipinski definition) is 1. The van der Waals surface area contributed by atoms with Gasteiger partial charge in [0, 0.05) is 12.2 Å². The molecule has 2 rings (SSSR count). The predicted molar refractivity (Wildman–Crippen MR) is 72.1 cm³/mol. The first-order chi connectivity index (χ1) is 8.20. The highest BCUT2D eigenvalue weighted by Gasteiger charge is 2.24. The predicted octanol–water partition coefficient (Wildman–Crippen LogP) is 3.54. The zero-order chi connectivity index (χ0) is 12.3. The van der Waals surface area contributed by atoms with Gasteiger partial charge in [0.2, 0.25) is 0 Å². The Hall–Kier alpha value is -0.890. The maximum Gasteiger partial charge on any atom is 0.0602 e. The van der Waals surface area contributed by atoms with Crippen molar-refractivity contribution in [2.45, 2.75) is 52.5 Å². The van der Waals surface area contributed by atoms with E-state index in [-0.39, 0.29) is 0 Å². The molecule has 0 radical (unpaired) electrons. The molecule has 1 N–H and O–H groups in total. The summed E-state index contributed by atoms with van der Waals surface area (Å²) in [7, 11) is 0. The van der Waals surface area contributed by atoms with E-state index in [0.29, 0.717) is 6.04 Å². The normalized spacial score (nSPS) is 17.8. The number of hydrogen-bond acceptors (Lipinski definition) is 2. The number of pyridine rings is 1. The molecule has 0 bridgehead atoms. The van der Waals surface area contributed by atoms with Gasteiger partial charge in [0.05, 0.1) is 5.69 Å². The van der Waals surface area contributed by atoms with Crippen molar-refractivity contribution in [2.24, 2.45) is 5.92 Å². The van der Waals surface area contributed by atoms with E-state index < -0.39 is 0 Å². The third kappa shape index (κ3) is 3.06. The summed E-state index contributed by atoms with van der Waals surface area (Å²) in [5.41, 5.74) is 3.84. The molecule has 1 saturated carbocycles. The standard InChI is InChI=1S/C15H24N2/c1-4-16-14(9-13-6-5-7-13)15-12(3)8-11(2)10-17-15/h8,10,13-14,16H,4-7,9H2,1-3H3. The van der Waals surface area contributed by atoms with E-state index in [0.717, 1.165) is 12.5 Å². The molecule has 1 heterocycles. The molecule has 2 heteroatoms. The van der Waals surface area contributed by atoms with Gasteiger partial charge in [-0.1, -0.05) is 32.3 Å². The minimum absolute atomic E-state index is 0.450. The molecule has 1 fully saturated rings. The Morgan fingerprint density at radius 1 is 1.41 bits per heavy atom. The summed E-state index contributed by atoms with van der Waals surface area (Å²) in [6.45, 7) is 7.49. The molecule has 1 aromatic heterocycles. The molecule has 0 amide bonds. The summed E-state index contributed by atoms with van der Waals surface area (Å²) in [5, 5.41) is 3.60. The van der Waals surface area contributed by atoms with Crippen molar-refractivity contribution < 1.29 is 0 Å². The smallest absolute Gasteiger partial charge is 0.0602 e. The third-order valence-electron chi connectivity index (χ3n) is 3.83. The molecule has 0 aliphatic heterocycles. The van der Waals surface area contributed by atoms with Crippen LogP contribution in [0.5, 0.6) is 0 Å². The van der Waals surface area contributed by atoms with Crippen LogP contribution in [0.25, 0.3) is 0 Å². The lowest BCUT2D eigenvalue weighted by Gasteiger charge is -2.30. The quantitative estimate of drug-likeness (QED) is 0.840. The number of rotatable bonds is 5. The van der Waals surface area contributed by atoms with Gasteiger partial charge in [-0.15, -0.1) is 0 Å². The van der Waals surface area contributed by atoms with E-state index in [1.165, 1.54) is 42.5 Å². The van der Waals surface area contributed by atoms with E-state index in [2.05, 4.69) is 37.1 Å². The second-order valence-corrected chi connectivity index (χ2v) is 5.36. The first-order valence-electron chi connectivity index (χ1n) is 6.87. The summed E-state index contributed by atoms with van der Waals surface area (Å²) in [6, 6.07) is 2.69. The summed E-state index contributed by atoms with van der Waals surface area (Å²) in [5.74, 6) is 0.918. The lowest BCUT2D eigenvalue weighted by molar-refractivity contribution is 0.260. The molecule has 0 saturated heterocycles. The number of nitrogens with zero attached hydrogens (tertiary/aromatic N) is 1. The summed E-state index contributed by atoms with van der Waals surface area (Å²) >= 11 is 0. The van der Waals surface area contributed by atoms with Gasteiger partial charge >= 0.3 is 0 Å². The fourth-order valence-corrected chi connectivity index (χ4v) is 2.69. The zero-order valence-electron chi connectivity index (χ0n) is 11.3. The number of nitrogens with one attached hydrogen (secondary N) is 1. The molecule has 17 heavy (non-hydrogen) atoms. The maximum absolute atomic E-state index is 4.65. The molecule has 1 aliphatic rings. The topological polar surface area (TPSA) is 24.9 Å². The molecular formula is C15H24N2. The van der Waals surface area contributed by atoms with E-state index in [1.807, 2.05) is 6.20 Å². The highest BCUT2D eigenvalue weighted by Crippen LogP contribution is 2.34. The van der Waals surface area contributed by atoms with Crippen molar-refractivity contribution in [3.63, 3.8) is 0 Å². The monoisotopic (exact) mass is 232 g/mol. The second-order valence-electron chi connectivity index (χ2n) is 5.36.